The van der Waals surface area contributed by atoms with E-state index >= 15 is 0 Å². The van der Waals surface area contributed by atoms with Gasteiger partial charge in [0.15, 0.2) is 6.29 Å². The maximum Gasteiger partial charge on any atom is 0.229 e. The largest absolute Gasteiger partial charge is 0.495 e. The Bertz CT molecular complexity index is 1010. The molecule has 2 aliphatic rings. The van der Waals surface area contributed by atoms with Crippen LogP contribution < -0.4 is 31.3 Å². The van der Waals surface area contributed by atoms with Gasteiger partial charge in [-0.05, 0) is 36.2 Å². The Balaban J connectivity index is 1.47. The van der Waals surface area contributed by atoms with Crippen LogP contribution in [0.4, 0.5) is 11.4 Å². The van der Waals surface area contributed by atoms with Crippen molar-refractivity contribution in [1.82, 2.24) is 16.0 Å². The van der Waals surface area contributed by atoms with E-state index in [2.05, 4.69) is 33.5 Å². The van der Waals surface area contributed by atoms with Crippen LogP contribution in [0, 0.1) is 11.8 Å². The summed E-state index contributed by atoms with van der Waals surface area (Å²) in [5.74, 6) is -1.87. The maximum atomic E-state index is 13.0. The summed E-state index contributed by atoms with van der Waals surface area (Å²) in [6.07, 6.45) is -0.490. The molecule has 0 aromatic heterocycles. The van der Waals surface area contributed by atoms with Gasteiger partial charge in [0.05, 0.1) is 30.8 Å². The topological polar surface area (TPSA) is 121 Å². The number of hydrogen-bond donors (Lipinski definition) is 5. The molecule has 3 amide bonds. The molecule has 2 aromatic rings. The average Bonchev–Trinajstić information content (AvgIpc) is 2.79. The number of aryl methyl sites for hydroxylation is 1. The van der Waals surface area contributed by atoms with E-state index in [1.807, 2.05) is 42.5 Å². The molecule has 0 bridgehead atoms. The van der Waals surface area contributed by atoms with Gasteiger partial charge in [-0.2, -0.15) is 0 Å². The highest BCUT2D eigenvalue weighted by molar-refractivity contribution is 6.00. The van der Waals surface area contributed by atoms with E-state index in [0.717, 1.165) is 12.0 Å². The van der Waals surface area contributed by atoms with E-state index in [1.54, 1.807) is 13.2 Å². The van der Waals surface area contributed by atoms with Gasteiger partial charge in [0.2, 0.25) is 17.7 Å². The molecule has 0 spiro atoms. The summed E-state index contributed by atoms with van der Waals surface area (Å²) < 4.78 is 5.33. The molecule has 4 unspecified atom stereocenters. The smallest absolute Gasteiger partial charge is 0.229 e. The Morgan fingerprint density at radius 1 is 1.09 bits per heavy atom. The van der Waals surface area contributed by atoms with Gasteiger partial charge in [-0.1, -0.05) is 31.2 Å². The fourth-order valence-corrected chi connectivity index (χ4v) is 4.13. The number of carbonyl (C=O) groups excluding carboxylic acids is 3. The van der Waals surface area contributed by atoms with Gasteiger partial charge in [0, 0.05) is 12.1 Å². The summed E-state index contributed by atoms with van der Waals surface area (Å²) in [5.41, 5.74) is 2.47. The van der Waals surface area contributed by atoms with Crippen molar-refractivity contribution >= 4 is 29.1 Å². The SMILES string of the molecule is CCc1ccc(NC(=O)C2CC(=O)NC3NC(Nc4ccccc4OC)NC(=O)C32)cc1. The van der Waals surface area contributed by atoms with Crippen LogP contribution in [-0.4, -0.2) is 37.3 Å². The molecule has 5 N–H and O–H groups in total. The summed E-state index contributed by atoms with van der Waals surface area (Å²) in [4.78, 5) is 38.3. The number of hydrogen-bond acceptors (Lipinski definition) is 6. The zero-order valence-electron chi connectivity index (χ0n) is 18.0. The minimum Gasteiger partial charge on any atom is -0.495 e. The van der Waals surface area contributed by atoms with Crippen molar-refractivity contribution in [1.29, 1.82) is 0 Å². The summed E-state index contributed by atoms with van der Waals surface area (Å²) in [6.45, 7) is 2.05. The molecular weight excluding hydrogens is 410 g/mol. The van der Waals surface area contributed by atoms with Gasteiger partial charge in [-0.25, -0.2) is 0 Å². The summed E-state index contributed by atoms with van der Waals surface area (Å²) >= 11 is 0. The molecule has 4 atom stereocenters. The van der Waals surface area contributed by atoms with Crippen LogP contribution >= 0.6 is 0 Å². The fourth-order valence-electron chi connectivity index (χ4n) is 4.13. The lowest BCUT2D eigenvalue weighted by Crippen LogP contribution is -2.72. The zero-order valence-corrected chi connectivity index (χ0v) is 18.0. The molecular formula is C23H27N5O4. The molecule has 0 saturated carbocycles. The Morgan fingerprint density at radius 3 is 2.56 bits per heavy atom. The average molecular weight is 438 g/mol. The quantitative estimate of drug-likeness (QED) is 0.466. The molecule has 9 nitrogen and oxygen atoms in total. The van der Waals surface area contributed by atoms with Crippen molar-refractivity contribution in [2.24, 2.45) is 11.8 Å². The normalized spacial score (nSPS) is 24.6. The number of para-hydroxylation sites is 2. The summed E-state index contributed by atoms with van der Waals surface area (Å²) in [6, 6.07) is 14.8. The van der Waals surface area contributed by atoms with Crippen molar-refractivity contribution in [3.8, 4) is 5.75 Å². The molecule has 2 saturated heterocycles. The molecule has 4 rings (SSSR count). The predicted octanol–water partition coefficient (Wildman–Crippen LogP) is 1.39. The van der Waals surface area contributed by atoms with E-state index in [4.69, 9.17) is 4.74 Å². The van der Waals surface area contributed by atoms with Crippen LogP contribution in [0.15, 0.2) is 48.5 Å². The lowest BCUT2D eigenvalue weighted by Gasteiger charge is -2.43. The third kappa shape index (κ3) is 4.52. The molecule has 2 fully saturated rings. The lowest BCUT2D eigenvalue weighted by molar-refractivity contribution is -0.144. The number of nitrogens with one attached hydrogen (secondary N) is 5. The van der Waals surface area contributed by atoms with Crippen molar-refractivity contribution in [2.45, 2.75) is 32.2 Å². The highest BCUT2D eigenvalue weighted by atomic mass is 16.5. The van der Waals surface area contributed by atoms with Crippen molar-refractivity contribution in [3.63, 3.8) is 0 Å². The van der Waals surface area contributed by atoms with Crippen LogP contribution in [0.2, 0.25) is 0 Å². The van der Waals surface area contributed by atoms with Gasteiger partial charge in [0.25, 0.3) is 0 Å². The predicted molar refractivity (Wildman–Crippen MR) is 120 cm³/mol. The first kappa shape index (κ1) is 21.6. The number of fused-ring (bicyclic) bond motifs is 1. The third-order valence-corrected chi connectivity index (χ3v) is 5.82. The highest BCUT2D eigenvalue weighted by Gasteiger charge is 2.48. The Kier molecular flexibility index (Phi) is 6.27. The second-order valence-corrected chi connectivity index (χ2v) is 7.87. The first-order valence-electron chi connectivity index (χ1n) is 10.6. The van der Waals surface area contributed by atoms with Crippen LogP contribution in [0.1, 0.15) is 18.9 Å². The van der Waals surface area contributed by atoms with E-state index in [-0.39, 0.29) is 24.1 Å². The molecule has 2 aliphatic heterocycles. The minimum atomic E-state index is -0.792. The second kappa shape index (κ2) is 9.27. The summed E-state index contributed by atoms with van der Waals surface area (Å²) in [5, 5.41) is 14.8. The van der Waals surface area contributed by atoms with Crippen LogP contribution in [0.3, 0.4) is 0 Å². The van der Waals surface area contributed by atoms with E-state index in [9.17, 15) is 14.4 Å². The van der Waals surface area contributed by atoms with Gasteiger partial charge in [-0.15, -0.1) is 0 Å². The number of piperidine rings is 1. The van der Waals surface area contributed by atoms with Gasteiger partial charge < -0.3 is 26.0 Å². The molecule has 32 heavy (non-hydrogen) atoms. The zero-order chi connectivity index (χ0) is 22.7. The third-order valence-electron chi connectivity index (χ3n) is 5.82. The number of methoxy groups -OCH3 is 1. The van der Waals surface area contributed by atoms with E-state index < -0.39 is 24.3 Å². The number of rotatable bonds is 6. The molecule has 0 radical (unpaired) electrons. The summed E-state index contributed by atoms with van der Waals surface area (Å²) in [7, 11) is 1.56. The molecule has 2 heterocycles. The number of amides is 3. The van der Waals surface area contributed by atoms with Crippen LogP contribution in [0.5, 0.6) is 5.75 Å². The molecule has 2 aromatic carbocycles. The lowest BCUT2D eigenvalue weighted by atomic mass is 9.81. The maximum absolute atomic E-state index is 13.0. The molecule has 168 valence electrons. The van der Waals surface area contributed by atoms with Crippen molar-refractivity contribution in [2.75, 3.05) is 17.7 Å². The van der Waals surface area contributed by atoms with E-state index in [0.29, 0.717) is 17.1 Å². The van der Waals surface area contributed by atoms with Gasteiger partial charge in [-0.3, -0.25) is 19.7 Å². The first-order valence-corrected chi connectivity index (χ1v) is 10.6. The Hall–Kier alpha value is -3.59. The Morgan fingerprint density at radius 2 is 1.84 bits per heavy atom. The minimum absolute atomic E-state index is 0.0558. The van der Waals surface area contributed by atoms with Gasteiger partial charge in [0.1, 0.15) is 5.75 Å². The second-order valence-electron chi connectivity index (χ2n) is 7.87. The molecule has 0 aliphatic carbocycles. The number of anilines is 2. The number of carbonyl (C=O) groups is 3. The van der Waals surface area contributed by atoms with E-state index in [1.165, 1.54) is 0 Å². The van der Waals surface area contributed by atoms with Crippen LogP contribution in [-0.2, 0) is 20.8 Å². The van der Waals surface area contributed by atoms with Gasteiger partial charge >= 0.3 is 0 Å². The van der Waals surface area contributed by atoms with Crippen molar-refractivity contribution < 1.29 is 19.1 Å². The number of benzene rings is 2. The van der Waals surface area contributed by atoms with Crippen molar-refractivity contribution in [3.05, 3.63) is 54.1 Å². The number of ether oxygens (including phenoxy) is 1. The van der Waals surface area contributed by atoms with Crippen LogP contribution in [0.25, 0.3) is 0 Å². The Labute approximate surface area is 186 Å². The standard InChI is InChI=1S/C23H27N5O4/c1-3-13-8-10-14(11-9-13)24-21(30)15-12-18(29)26-20-19(15)22(31)28-23(27-20)25-16-6-4-5-7-17(16)32-2/h4-11,15,19-20,23,25,27H,3,12H2,1-2H3,(H,24,30)(H,26,29)(H,28,31). The highest BCUT2D eigenvalue weighted by Crippen LogP contribution is 2.29. The fraction of sp³-hybridized carbons (Fsp3) is 0.348. The first-order chi connectivity index (χ1) is 15.5. The monoisotopic (exact) mass is 437 g/mol. The molecule has 9 heteroatoms.